The summed E-state index contributed by atoms with van der Waals surface area (Å²) in [4.78, 5) is 15.1. The Morgan fingerprint density at radius 1 is 1.56 bits per heavy atom. The maximum atomic E-state index is 10.7. The Bertz CT molecular complexity index is 594. The third-order valence-electron chi connectivity index (χ3n) is 2.24. The molecule has 6 nitrogen and oxygen atoms in total. The molecule has 2 aromatic rings. The summed E-state index contributed by atoms with van der Waals surface area (Å²) >= 11 is 1.55. The lowest BCUT2D eigenvalue weighted by molar-refractivity contribution is -0.384. The highest BCUT2D eigenvalue weighted by Gasteiger charge is 2.12. The summed E-state index contributed by atoms with van der Waals surface area (Å²) in [6.07, 6.45) is 3.10. The van der Waals surface area contributed by atoms with E-state index in [4.69, 9.17) is 0 Å². The minimum atomic E-state index is -0.499. The normalized spacial score (nSPS) is 10.7. The van der Waals surface area contributed by atoms with Crippen LogP contribution in [-0.2, 0) is 0 Å². The van der Waals surface area contributed by atoms with E-state index in [1.165, 1.54) is 18.3 Å². The van der Waals surface area contributed by atoms with Crippen LogP contribution in [0.15, 0.2) is 34.9 Å². The first kappa shape index (κ1) is 12.2. The van der Waals surface area contributed by atoms with Crippen molar-refractivity contribution in [2.45, 2.75) is 6.92 Å². The molecule has 0 atom stereocenters. The molecule has 92 valence electrons. The van der Waals surface area contributed by atoms with Gasteiger partial charge in [0.15, 0.2) is 0 Å². The number of aromatic nitrogens is 1. The van der Waals surface area contributed by atoms with Crippen LogP contribution in [0.3, 0.4) is 0 Å². The van der Waals surface area contributed by atoms with Gasteiger partial charge in [-0.1, -0.05) is 0 Å². The molecule has 2 heterocycles. The number of pyridine rings is 1. The van der Waals surface area contributed by atoms with Crippen LogP contribution in [0.5, 0.6) is 0 Å². The molecule has 2 aromatic heterocycles. The molecule has 7 heteroatoms. The fraction of sp³-hybridized carbons (Fsp3) is 0.0909. The molecule has 0 amide bonds. The van der Waals surface area contributed by atoms with E-state index in [0.717, 1.165) is 10.4 Å². The van der Waals surface area contributed by atoms with E-state index in [9.17, 15) is 10.1 Å². The summed E-state index contributed by atoms with van der Waals surface area (Å²) < 4.78 is 0. The van der Waals surface area contributed by atoms with Crippen molar-refractivity contribution in [3.8, 4) is 0 Å². The number of rotatable bonds is 4. The smallest absolute Gasteiger partial charge is 0.258 e. The third kappa shape index (κ3) is 2.69. The largest absolute Gasteiger partial charge is 0.313 e. The molecular formula is C11H10N4O2S. The van der Waals surface area contributed by atoms with Gasteiger partial charge in [-0.05, 0) is 30.0 Å². The maximum Gasteiger partial charge on any atom is 0.313 e. The van der Waals surface area contributed by atoms with E-state index in [0.29, 0.717) is 0 Å². The zero-order valence-corrected chi connectivity index (χ0v) is 10.3. The number of nitrogens with one attached hydrogen (secondary N) is 1. The highest BCUT2D eigenvalue weighted by molar-refractivity contribution is 7.11. The lowest BCUT2D eigenvalue weighted by Gasteiger charge is -1.99. The van der Waals surface area contributed by atoms with Crippen LogP contribution in [0.25, 0.3) is 0 Å². The molecule has 18 heavy (non-hydrogen) atoms. The molecular weight excluding hydrogens is 252 g/mol. The monoisotopic (exact) mass is 262 g/mol. The summed E-state index contributed by atoms with van der Waals surface area (Å²) in [6.45, 7) is 1.97. The molecule has 0 saturated heterocycles. The number of hydrogen-bond donors (Lipinski definition) is 1. The van der Waals surface area contributed by atoms with E-state index in [-0.39, 0.29) is 11.5 Å². The van der Waals surface area contributed by atoms with Gasteiger partial charge >= 0.3 is 5.69 Å². The molecule has 0 aliphatic heterocycles. The number of thiophene rings is 1. The molecule has 0 saturated carbocycles. The Balaban J connectivity index is 2.14. The number of aryl methyl sites for hydroxylation is 1. The Labute approximate surface area is 107 Å². The number of nitrogens with zero attached hydrogens (tertiary/aromatic N) is 3. The predicted octanol–water partition coefficient (Wildman–Crippen LogP) is 2.81. The average molecular weight is 262 g/mol. The molecule has 0 bridgehead atoms. The van der Waals surface area contributed by atoms with E-state index < -0.39 is 4.92 Å². The standard InChI is InChI=1S/C11H10N4O2S/c1-8-4-6-18-10(8)7-13-14-11-9(15(16)17)3-2-5-12-11/h2-7H,1H3,(H,12,14)/b13-7-. The number of hydrazone groups is 1. The zero-order valence-electron chi connectivity index (χ0n) is 9.53. The van der Waals surface area contributed by atoms with Crippen LogP contribution in [0.1, 0.15) is 10.4 Å². The van der Waals surface area contributed by atoms with Gasteiger partial charge in [0.1, 0.15) is 0 Å². The van der Waals surface area contributed by atoms with E-state index in [1.807, 2.05) is 18.4 Å². The Morgan fingerprint density at radius 3 is 3.06 bits per heavy atom. The average Bonchev–Trinajstić information content (AvgIpc) is 2.76. The Hall–Kier alpha value is -2.28. The van der Waals surface area contributed by atoms with Crippen molar-refractivity contribution < 1.29 is 4.92 Å². The fourth-order valence-corrected chi connectivity index (χ4v) is 2.09. The fourth-order valence-electron chi connectivity index (χ4n) is 1.30. The van der Waals surface area contributed by atoms with Gasteiger partial charge in [-0.3, -0.25) is 15.5 Å². The van der Waals surface area contributed by atoms with E-state index in [1.54, 1.807) is 17.6 Å². The summed E-state index contributed by atoms with van der Waals surface area (Å²) in [5, 5.41) is 16.7. The third-order valence-corrected chi connectivity index (χ3v) is 3.19. The quantitative estimate of drug-likeness (QED) is 0.522. The van der Waals surface area contributed by atoms with Crippen molar-refractivity contribution in [1.29, 1.82) is 0 Å². The first-order chi connectivity index (χ1) is 8.68. The van der Waals surface area contributed by atoms with Crippen molar-refractivity contribution in [2.75, 3.05) is 5.43 Å². The molecule has 0 radical (unpaired) electrons. The summed E-state index contributed by atoms with van der Waals surface area (Å²) in [5.41, 5.74) is 3.60. The second-order valence-corrected chi connectivity index (χ2v) is 4.41. The van der Waals surface area contributed by atoms with Gasteiger partial charge in [-0.15, -0.1) is 11.3 Å². The molecule has 2 rings (SSSR count). The molecule has 0 unspecified atom stereocenters. The molecule has 0 aliphatic carbocycles. The van der Waals surface area contributed by atoms with Crippen LogP contribution in [0, 0.1) is 17.0 Å². The van der Waals surface area contributed by atoms with Crippen LogP contribution in [-0.4, -0.2) is 16.1 Å². The van der Waals surface area contributed by atoms with Gasteiger partial charge in [0, 0.05) is 17.1 Å². The van der Waals surface area contributed by atoms with Gasteiger partial charge in [0.25, 0.3) is 0 Å². The van der Waals surface area contributed by atoms with Gasteiger partial charge in [-0.25, -0.2) is 4.98 Å². The SMILES string of the molecule is Cc1ccsc1/C=N\Nc1ncccc1[N+](=O)[O-]. The second kappa shape index (κ2) is 5.37. The molecule has 0 aliphatic rings. The summed E-state index contributed by atoms with van der Waals surface area (Å²) in [7, 11) is 0. The highest BCUT2D eigenvalue weighted by Crippen LogP contribution is 2.20. The second-order valence-electron chi connectivity index (χ2n) is 3.47. The van der Waals surface area contributed by atoms with Crippen molar-refractivity contribution in [2.24, 2.45) is 5.10 Å². The predicted molar refractivity (Wildman–Crippen MR) is 71.2 cm³/mol. The first-order valence-electron chi connectivity index (χ1n) is 5.11. The van der Waals surface area contributed by atoms with Gasteiger partial charge in [-0.2, -0.15) is 5.10 Å². The molecule has 1 N–H and O–H groups in total. The maximum absolute atomic E-state index is 10.7. The van der Waals surface area contributed by atoms with Crippen molar-refractivity contribution in [1.82, 2.24) is 4.98 Å². The highest BCUT2D eigenvalue weighted by atomic mass is 32.1. The van der Waals surface area contributed by atoms with Gasteiger partial charge in [0.2, 0.25) is 5.82 Å². The molecule has 0 aromatic carbocycles. The van der Waals surface area contributed by atoms with Crippen LogP contribution in [0.2, 0.25) is 0 Å². The summed E-state index contributed by atoms with van der Waals surface area (Å²) in [6, 6.07) is 4.87. The number of hydrogen-bond acceptors (Lipinski definition) is 6. The number of nitro groups is 1. The van der Waals surface area contributed by atoms with E-state index >= 15 is 0 Å². The Kier molecular flexibility index (Phi) is 3.63. The number of anilines is 1. The minimum absolute atomic E-state index is 0.0995. The van der Waals surface area contributed by atoms with Gasteiger partial charge < -0.3 is 0 Å². The lowest BCUT2D eigenvalue weighted by Crippen LogP contribution is -1.98. The van der Waals surface area contributed by atoms with Gasteiger partial charge in [0.05, 0.1) is 11.1 Å². The topological polar surface area (TPSA) is 80.4 Å². The zero-order chi connectivity index (χ0) is 13.0. The Morgan fingerprint density at radius 2 is 2.39 bits per heavy atom. The van der Waals surface area contributed by atoms with E-state index in [2.05, 4.69) is 15.5 Å². The summed E-state index contributed by atoms with van der Waals surface area (Å²) in [5.74, 6) is 0.132. The lowest BCUT2D eigenvalue weighted by atomic mass is 10.3. The molecule has 0 fully saturated rings. The van der Waals surface area contributed by atoms with Crippen LogP contribution < -0.4 is 5.43 Å². The molecule has 0 spiro atoms. The van der Waals surface area contributed by atoms with Crippen molar-refractivity contribution in [3.63, 3.8) is 0 Å². The minimum Gasteiger partial charge on any atom is -0.258 e. The van der Waals surface area contributed by atoms with Crippen LogP contribution >= 0.6 is 11.3 Å². The first-order valence-corrected chi connectivity index (χ1v) is 5.99. The van der Waals surface area contributed by atoms with Crippen LogP contribution in [0.4, 0.5) is 11.5 Å². The van der Waals surface area contributed by atoms with Crippen molar-refractivity contribution in [3.05, 3.63) is 50.3 Å². The van der Waals surface area contributed by atoms with Crippen molar-refractivity contribution >= 4 is 29.1 Å².